The second-order valence-electron chi connectivity index (χ2n) is 4.50. The van der Waals surface area contributed by atoms with E-state index in [4.69, 9.17) is 17.3 Å². The topological polar surface area (TPSA) is 72.0 Å². The van der Waals surface area contributed by atoms with Gasteiger partial charge in [-0.1, -0.05) is 23.7 Å². The lowest BCUT2D eigenvalue weighted by Crippen LogP contribution is -2.02. The number of nitrogens with zero attached hydrogens (tertiary/aromatic N) is 2. The average molecular weight is 365 g/mol. The molecule has 0 spiro atoms. The van der Waals surface area contributed by atoms with Gasteiger partial charge in [0.2, 0.25) is 0 Å². The predicted molar refractivity (Wildman–Crippen MR) is 88.0 cm³/mol. The molecule has 2 heterocycles. The number of aliphatic hydroxyl groups excluding tert-OH is 1. The quantitative estimate of drug-likeness (QED) is 0.726. The SMILES string of the molecule is Nc1nc2cnccc2c(-c2cccc(Br)c2Cl)c1CO. The highest BCUT2D eigenvalue weighted by molar-refractivity contribution is 9.10. The molecule has 0 aliphatic carbocycles. The van der Waals surface area contributed by atoms with Crippen molar-refractivity contribution in [1.82, 2.24) is 9.97 Å². The number of pyridine rings is 2. The van der Waals surface area contributed by atoms with E-state index in [1.807, 2.05) is 24.3 Å². The Balaban J connectivity index is 2.47. The molecule has 2 aromatic heterocycles. The lowest BCUT2D eigenvalue weighted by atomic mass is 9.96. The molecular formula is C15H11BrClN3O. The molecule has 0 aliphatic heterocycles. The number of hydrogen-bond acceptors (Lipinski definition) is 4. The predicted octanol–water partition coefficient (Wildman–Crippen LogP) is 3.79. The Labute approximate surface area is 134 Å². The number of hydrogen-bond donors (Lipinski definition) is 2. The summed E-state index contributed by atoms with van der Waals surface area (Å²) in [6.07, 6.45) is 3.32. The minimum Gasteiger partial charge on any atom is -0.392 e. The number of aromatic nitrogens is 2. The molecule has 0 fully saturated rings. The van der Waals surface area contributed by atoms with Crippen LogP contribution in [-0.2, 0) is 6.61 Å². The van der Waals surface area contributed by atoms with Crippen LogP contribution in [0.25, 0.3) is 22.0 Å². The van der Waals surface area contributed by atoms with Crippen LogP contribution in [-0.4, -0.2) is 15.1 Å². The molecule has 3 aromatic rings. The molecule has 6 heteroatoms. The van der Waals surface area contributed by atoms with Gasteiger partial charge in [-0.25, -0.2) is 4.98 Å². The molecule has 4 nitrogen and oxygen atoms in total. The van der Waals surface area contributed by atoms with Gasteiger partial charge < -0.3 is 10.8 Å². The van der Waals surface area contributed by atoms with Gasteiger partial charge in [-0.3, -0.25) is 4.98 Å². The van der Waals surface area contributed by atoms with Gasteiger partial charge in [-0.05, 0) is 28.1 Å². The van der Waals surface area contributed by atoms with Crippen LogP contribution in [0, 0.1) is 0 Å². The monoisotopic (exact) mass is 363 g/mol. The number of benzene rings is 1. The molecule has 0 unspecified atom stereocenters. The van der Waals surface area contributed by atoms with Crippen molar-refractivity contribution in [2.75, 3.05) is 5.73 Å². The summed E-state index contributed by atoms with van der Waals surface area (Å²) in [5, 5.41) is 11.1. The summed E-state index contributed by atoms with van der Waals surface area (Å²) in [6.45, 7) is -0.213. The summed E-state index contributed by atoms with van der Waals surface area (Å²) in [5.74, 6) is 0.282. The number of nitrogen functional groups attached to an aromatic ring is 1. The van der Waals surface area contributed by atoms with Crippen LogP contribution in [0.1, 0.15) is 5.56 Å². The van der Waals surface area contributed by atoms with Crippen LogP contribution < -0.4 is 5.73 Å². The highest BCUT2D eigenvalue weighted by atomic mass is 79.9. The van der Waals surface area contributed by atoms with Crippen molar-refractivity contribution in [2.24, 2.45) is 0 Å². The van der Waals surface area contributed by atoms with E-state index in [-0.39, 0.29) is 12.4 Å². The first-order valence-corrected chi connectivity index (χ1v) is 7.38. The first-order valence-electron chi connectivity index (χ1n) is 6.20. The van der Waals surface area contributed by atoms with E-state index < -0.39 is 0 Å². The summed E-state index contributed by atoms with van der Waals surface area (Å²) in [7, 11) is 0. The number of fused-ring (bicyclic) bond motifs is 1. The summed E-state index contributed by atoms with van der Waals surface area (Å²) in [5.41, 5.74) is 8.78. The Kier molecular flexibility index (Phi) is 3.80. The Hall–Kier alpha value is -1.69. The minimum atomic E-state index is -0.213. The lowest BCUT2D eigenvalue weighted by molar-refractivity contribution is 0.283. The van der Waals surface area contributed by atoms with Gasteiger partial charge in [0.25, 0.3) is 0 Å². The Morgan fingerprint density at radius 3 is 2.86 bits per heavy atom. The number of anilines is 1. The number of nitrogens with two attached hydrogens (primary N) is 1. The van der Waals surface area contributed by atoms with E-state index in [0.717, 1.165) is 21.0 Å². The number of halogens is 2. The molecular weight excluding hydrogens is 354 g/mol. The van der Waals surface area contributed by atoms with Crippen LogP contribution in [0.3, 0.4) is 0 Å². The normalized spacial score (nSPS) is 11.0. The fourth-order valence-corrected chi connectivity index (χ4v) is 2.93. The fraction of sp³-hybridized carbons (Fsp3) is 0.0667. The van der Waals surface area contributed by atoms with Crippen LogP contribution in [0.4, 0.5) is 5.82 Å². The minimum absolute atomic E-state index is 0.213. The second-order valence-corrected chi connectivity index (χ2v) is 5.74. The van der Waals surface area contributed by atoms with Gasteiger partial charge in [-0.2, -0.15) is 0 Å². The van der Waals surface area contributed by atoms with Crippen molar-refractivity contribution in [3.63, 3.8) is 0 Å². The molecule has 106 valence electrons. The van der Waals surface area contributed by atoms with Crippen molar-refractivity contribution in [1.29, 1.82) is 0 Å². The molecule has 3 N–H and O–H groups in total. The molecule has 1 aromatic carbocycles. The molecule has 21 heavy (non-hydrogen) atoms. The summed E-state index contributed by atoms with van der Waals surface area (Å²) in [4.78, 5) is 8.35. The first-order chi connectivity index (χ1) is 10.1. The van der Waals surface area contributed by atoms with Crippen molar-refractivity contribution in [3.05, 3.63) is 51.7 Å². The van der Waals surface area contributed by atoms with Gasteiger partial charge >= 0.3 is 0 Å². The third-order valence-electron chi connectivity index (χ3n) is 3.30. The molecule has 3 rings (SSSR count). The van der Waals surface area contributed by atoms with Crippen molar-refractivity contribution < 1.29 is 5.11 Å². The zero-order valence-electron chi connectivity index (χ0n) is 10.8. The van der Waals surface area contributed by atoms with E-state index in [1.54, 1.807) is 12.4 Å². The van der Waals surface area contributed by atoms with E-state index in [2.05, 4.69) is 25.9 Å². The molecule has 0 saturated carbocycles. The van der Waals surface area contributed by atoms with Crippen LogP contribution in [0.15, 0.2) is 41.1 Å². The van der Waals surface area contributed by atoms with E-state index in [9.17, 15) is 5.11 Å². The smallest absolute Gasteiger partial charge is 0.130 e. The van der Waals surface area contributed by atoms with Gasteiger partial charge in [0.05, 0.1) is 23.3 Å². The van der Waals surface area contributed by atoms with Crippen LogP contribution >= 0.6 is 27.5 Å². The Morgan fingerprint density at radius 1 is 1.29 bits per heavy atom. The molecule has 0 aliphatic rings. The standard InChI is InChI=1S/C15H11BrClN3O/c16-11-3-1-2-9(14(11)17)13-8-4-5-19-6-12(8)20-15(18)10(13)7-21/h1-6,21H,7H2,(H2,18,20). The highest BCUT2D eigenvalue weighted by Gasteiger charge is 2.17. The van der Waals surface area contributed by atoms with Crippen molar-refractivity contribution >= 4 is 44.3 Å². The average Bonchev–Trinajstić information content (AvgIpc) is 2.49. The summed E-state index contributed by atoms with van der Waals surface area (Å²) < 4.78 is 0.781. The van der Waals surface area contributed by atoms with Crippen molar-refractivity contribution in [3.8, 4) is 11.1 Å². The number of rotatable bonds is 2. The van der Waals surface area contributed by atoms with E-state index in [0.29, 0.717) is 16.1 Å². The maximum absolute atomic E-state index is 9.69. The van der Waals surface area contributed by atoms with Crippen molar-refractivity contribution in [2.45, 2.75) is 6.61 Å². The zero-order chi connectivity index (χ0) is 15.0. The summed E-state index contributed by atoms with van der Waals surface area (Å²) in [6, 6.07) is 7.48. The highest BCUT2D eigenvalue weighted by Crippen LogP contribution is 2.40. The van der Waals surface area contributed by atoms with Crippen LogP contribution in [0.5, 0.6) is 0 Å². The summed E-state index contributed by atoms with van der Waals surface area (Å²) >= 11 is 9.82. The largest absolute Gasteiger partial charge is 0.392 e. The Morgan fingerprint density at radius 2 is 2.10 bits per heavy atom. The third kappa shape index (κ3) is 2.37. The molecule has 0 radical (unpaired) electrons. The fourth-order valence-electron chi connectivity index (χ4n) is 2.34. The molecule has 0 saturated heterocycles. The van der Waals surface area contributed by atoms with Gasteiger partial charge in [0.15, 0.2) is 0 Å². The molecule has 0 bridgehead atoms. The van der Waals surface area contributed by atoms with Gasteiger partial charge in [-0.15, -0.1) is 0 Å². The van der Waals surface area contributed by atoms with Gasteiger partial charge in [0, 0.05) is 32.7 Å². The third-order valence-corrected chi connectivity index (χ3v) is 4.60. The molecule has 0 amide bonds. The van der Waals surface area contributed by atoms with E-state index >= 15 is 0 Å². The molecule has 0 atom stereocenters. The zero-order valence-corrected chi connectivity index (χ0v) is 13.2. The van der Waals surface area contributed by atoms with Crippen LogP contribution in [0.2, 0.25) is 5.02 Å². The number of aliphatic hydroxyl groups is 1. The van der Waals surface area contributed by atoms with Gasteiger partial charge in [0.1, 0.15) is 5.82 Å². The van der Waals surface area contributed by atoms with E-state index in [1.165, 1.54) is 0 Å². The second kappa shape index (κ2) is 5.60. The Bertz CT molecular complexity index is 839. The lowest BCUT2D eigenvalue weighted by Gasteiger charge is -2.15. The first kappa shape index (κ1) is 14.3. The maximum Gasteiger partial charge on any atom is 0.130 e. The maximum atomic E-state index is 9.69.